The van der Waals surface area contributed by atoms with E-state index >= 15 is 0 Å². The number of aliphatic hydroxyl groups excluding tert-OH is 1. The van der Waals surface area contributed by atoms with Gasteiger partial charge >= 0.3 is 0 Å². The second-order valence-electron chi connectivity index (χ2n) is 5.70. The number of amides is 1. The number of rotatable bonds is 6. The van der Waals surface area contributed by atoms with Gasteiger partial charge in [-0.1, -0.05) is 0 Å². The Bertz CT molecular complexity index is 1000. The average molecular weight is 355 g/mol. The van der Waals surface area contributed by atoms with E-state index in [2.05, 4.69) is 15.3 Å². The van der Waals surface area contributed by atoms with Gasteiger partial charge in [0, 0.05) is 42.8 Å². The summed E-state index contributed by atoms with van der Waals surface area (Å²) in [6.07, 6.45) is 6.32. The molecule has 3 heterocycles. The van der Waals surface area contributed by atoms with E-state index in [0.717, 1.165) is 21.7 Å². The average Bonchev–Trinajstić information content (AvgIpc) is 3.29. The summed E-state index contributed by atoms with van der Waals surface area (Å²) in [5.41, 5.74) is 3.19. The number of carbonyl (C=O) groups excluding carboxylic acids is 1. The Hall–Kier alpha value is -2.71. The van der Waals surface area contributed by atoms with E-state index in [1.807, 2.05) is 32.8 Å². The third kappa shape index (κ3) is 3.13. The maximum atomic E-state index is 12.3. The van der Waals surface area contributed by atoms with E-state index < -0.39 is 0 Å². The maximum Gasteiger partial charge on any atom is 0.251 e. The fourth-order valence-corrected chi connectivity index (χ4v) is 3.51. The van der Waals surface area contributed by atoms with Crippen LogP contribution < -0.4 is 5.32 Å². The molecular formula is C17H17N5O2S. The number of thiazole rings is 1. The summed E-state index contributed by atoms with van der Waals surface area (Å²) in [6, 6.07) is 5.40. The number of nitrogens with one attached hydrogen (secondary N) is 1. The molecule has 0 aliphatic heterocycles. The number of aromatic nitrogens is 4. The molecule has 0 bridgehead atoms. The number of carbonyl (C=O) groups is 1. The van der Waals surface area contributed by atoms with Gasteiger partial charge in [-0.05, 0) is 18.2 Å². The molecule has 0 atom stereocenters. The highest BCUT2D eigenvalue weighted by atomic mass is 32.1. The second kappa shape index (κ2) is 6.66. The number of fused-ring (bicyclic) bond motifs is 2. The zero-order chi connectivity index (χ0) is 17.2. The van der Waals surface area contributed by atoms with Gasteiger partial charge in [-0.3, -0.25) is 9.20 Å². The van der Waals surface area contributed by atoms with Crippen molar-refractivity contribution in [2.75, 3.05) is 13.2 Å². The van der Waals surface area contributed by atoms with Crippen molar-refractivity contribution in [3.63, 3.8) is 0 Å². The lowest BCUT2D eigenvalue weighted by Gasteiger charge is -2.05. The van der Waals surface area contributed by atoms with Gasteiger partial charge in [-0.25, -0.2) is 9.97 Å². The van der Waals surface area contributed by atoms with Crippen molar-refractivity contribution in [3.05, 3.63) is 53.6 Å². The maximum absolute atomic E-state index is 12.3. The van der Waals surface area contributed by atoms with Gasteiger partial charge in [-0.15, -0.1) is 11.3 Å². The Kier molecular flexibility index (Phi) is 4.21. The largest absolute Gasteiger partial charge is 0.395 e. The van der Waals surface area contributed by atoms with Crippen molar-refractivity contribution in [1.82, 2.24) is 24.3 Å². The van der Waals surface area contributed by atoms with Crippen molar-refractivity contribution >= 4 is 33.2 Å². The van der Waals surface area contributed by atoms with Gasteiger partial charge in [0.2, 0.25) is 0 Å². The van der Waals surface area contributed by atoms with Crippen LogP contribution in [0.1, 0.15) is 16.1 Å². The third-order valence-electron chi connectivity index (χ3n) is 4.03. The zero-order valence-corrected chi connectivity index (χ0v) is 14.2. The predicted molar refractivity (Wildman–Crippen MR) is 95.9 cm³/mol. The van der Waals surface area contributed by atoms with Gasteiger partial charge in [0.1, 0.15) is 0 Å². The Morgan fingerprint density at radius 2 is 2.28 bits per heavy atom. The molecule has 25 heavy (non-hydrogen) atoms. The van der Waals surface area contributed by atoms with Crippen LogP contribution in [0.2, 0.25) is 0 Å². The molecule has 0 spiro atoms. The molecule has 1 aromatic carbocycles. The predicted octanol–water partition coefficient (Wildman–Crippen LogP) is 1.71. The van der Waals surface area contributed by atoms with E-state index in [-0.39, 0.29) is 12.5 Å². The van der Waals surface area contributed by atoms with E-state index in [9.17, 15) is 4.79 Å². The molecule has 4 aromatic rings. The molecular weight excluding hydrogens is 338 g/mol. The Morgan fingerprint density at radius 3 is 3.12 bits per heavy atom. The number of benzene rings is 1. The molecule has 8 heteroatoms. The Balaban J connectivity index is 1.40. The number of aliphatic hydroxyl groups is 1. The minimum atomic E-state index is -0.125. The zero-order valence-electron chi connectivity index (χ0n) is 13.4. The van der Waals surface area contributed by atoms with E-state index in [1.54, 1.807) is 29.8 Å². The first-order chi connectivity index (χ1) is 12.2. The van der Waals surface area contributed by atoms with Crippen molar-refractivity contribution in [2.24, 2.45) is 0 Å². The van der Waals surface area contributed by atoms with Gasteiger partial charge in [0.15, 0.2) is 4.96 Å². The molecule has 128 valence electrons. The van der Waals surface area contributed by atoms with Gasteiger partial charge in [-0.2, -0.15) is 0 Å². The number of hydrogen-bond acceptors (Lipinski definition) is 5. The molecule has 0 saturated carbocycles. The van der Waals surface area contributed by atoms with Crippen molar-refractivity contribution < 1.29 is 9.90 Å². The first kappa shape index (κ1) is 15.8. The van der Waals surface area contributed by atoms with Crippen LogP contribution in [0, 0.1) is 0 Å². The first-order valence-electron chi connectivity index (χ1n) is 7.99. The number of hydrogen-bond donors (Lipinski definition) is 2. The molecule has 0 radical (unpaired) electrons. The van der Waals surface area contributed by atoms with Crippen molar-refractivity contribution in [2.45, 2.75) is 13.0 Å². The molecule has 3 aromatic heterocycles. The highest BCUT2D eigenvalue weighted by Crippen LogP contribution is 2.15. The summed E-state index contributed by atoms with van der Waals surface area (Å²) in [7, 11) is 0. The third-order valence-corrected chi connectivity index (χ3v) is 4.80. The van der Waals surface area contributed by atoms with Crippen LogP contribution in [0.25, 0.3) is 16.0 Å². The molecule has 4 rings (SSSR count). The van der Waals surface area contributed by atoms with E-state index in [4.69, 9.17) is 5.11 Å². The molecule has 0 unspecified atom stereocenters. The summed E-state index contributed by atoms with van der Waals surface area (Å²) in [6.45, 7) is 1.07. The van der Waals surface area contributed by atoms with Crippen molar-refractivity contribution in [3.8, 4) is 0 Å². The summed E-state index contributed by atoms with van der Waals surface area (Å²) in [5, 5.41) is 14.0. The summed E-state index contributed by atoms with van der Waals surface area (Å²) in [4.78, 5) is 22.1. The minimum Gasteiger partial charge on any atom is -0.395 e. The van der Waals surface area contributed by atoms with Crippen LogP contribution in [-0.4, -0.2) is 43.1 Å². The second-order valence-corrected chi connectivity index (χ2v) is 6.57. The normalized spacial score (nSPS) is 11.4. The van der Waals surface area contributed by atoms with Crippen LogP contribution in [0.3, 0.4) is 0 Å². The quantitative estimate of drug-likeness (QED) is 0.551. The highest BCUT2D eigenvalue weighted by Gasteiger charge is 2.09. The first-order valence-corrected chi connectivity index (χ1v) is 8.87. The SMILES string of the molecule is O=C(NCCc1cn2ccsc2n1)c1ccc2c(c1)ncn2CCO. The van der Waals surface area contributed by atoms with Crippen molar-refractivity contribution in [1.29, 1.82) is 0 Å². The topological polar surface area (TPSA) is 84.5 Å². The molecule has 0 aliphatic carbocycles. The van der Waals surface area contributed by atoms with Crippen LogP contribution >= 0.6 is 11.3 Å². The molecule has 0 saturated heterocycles. The summed E-state index contributed by atoms with van der Waals surface area (Å²) < 4.78 is 3.85. The van der Waals surface area contributed by atoms with Crippen LogP contribution in [0.5, 0.6) is 0 Å². The smallest absolute Gasteiger partial charge is 0.251 e. The fraction of sp³-hybridized carbons (Fsp3) is 0.235. The Labute approximate surface area is 147 Å². The molecule has 0 fully saturated rings. The number of imidazole rings is 2. The van der Waals surface area contributed by atoms with Crippen LogP contribution in [0.4, 0.5) is 0 Å². The number of nitrogens with zero attached hydrogens (tertiary/aromatic N) is 4. The van der Waals surface area contributed by atoms with Gasteiger partial charge in [0.25, 0.3) is 5.91 Å². The van der Waals surface area contributed by atoms with Crippen LogP contribution in [0.15, 0.2) is 42.3 Å². The van der Waals surface area contributed by atoms with E-state index in [1.165, 1.54) is 0 Å². The standard InChI is InChI=1S/C17H17N5O2S/c23-7-5-22-11-19-14-9-12(1-2-15(14)22)16(24)18-4-3-13-10-21-6-8-25-17(21)20-13/h1-2,6,8-11,23H,3-5,7H2,(H,18,24). The van der Waals surface area contributed by atoms with Gasteiger partial charge < -0.3 is 15.0 Å². The summed E-state index contributed by atoms with van der Waals surface area (Å²) >= 11 is 1.59. The fourth-order valence-electron chi connectivity index (χ4n) is 2.79. The molecule has 2 N–H and O–H groups in total. The highest BCUT2D eigenvalue weighted by molar-refractivity contribution is 7.15. The molecule has 7 nitrogen and oxygen atoms in total. The Morgan fingerprint density at radius 1 is 1.36 bits per heavy atom. The lowest BCUT2D eigenvalue weighted by molar-refractivity contribution is 0.0954. The van der Waals surface area contributed by atoms with Gasteiger partial charge in [0.05, 0.1) is 29.7 Å². The van der Waals surface area contributed by atoms with E-state index in [0.29, 0.717) is 25.1 Å². The molecule has 0 aliphatic rings. The monoisotopic (exact) mass is 355 g/mol. The van der Waals surface area contributed by atoms with Crippen LogP contribution in [-0.2, 0) is 13.0 Å². The minimum absolute atomic E-state index is 0.0550. The summed E-state index contributed by atoms with van der Waals surface area (Å²) in [5.74, 6) is -0.125. The lowest BCUT2D eigenvalue weighted by atomic mass is 10.2. The lowest BCUT2D eigenvalue weighted by Crippen LogP contribution is -2.25. The molecule has 1 amide bonds.